The Morgan fingerprint density at radius 3 is 2.44 bits per heavy atom. The third-order valence-electron chi connectivity index (χ3n) is 4.15. The molecule has 6 nitrogen and oxygen atoms in total. The molecule has 25 heavy (non-hydrogen) atoms. The first-order valence-electron chi connectivity index (χ1n) is 7.75. The van der Waals surface area contributed by atoms with Crippen molar-refractivity contribution >= 4 is 26.7 Å². The van der Waals surface area contributed by atoms with Crippen LogP contribution < -0.4 is 10.5 Å². The number of nitrogens with two attached hydrogens (primary N) is 1. The zero-order chi connectivity index (χ0) is 18.2. The van der Waals surface area contributed by atoms with Gasteiger partial charge < -0.3 is 10.3 Å². The van der Waals surface area contributed by atoms with Crippen molar-refractivity contribution in [1.29, 1.82) is 0 Å². The Kier molecular flexibility index (Phi) is 4.36. The van der Waals surface area contributed by atoms with Crippen molar-refractivity contribution in [2.24, 2.45) is 12.8 Å². The van der Waals surface area contributed by atoms with Crippen LogP contribution in [0.15, 0.2) is 59.6 Å². The van der Waals surface area contributed by atoms with Gasteiger partial charge in [-0.1, -0.05) is 36.4 Å². The zero-order valence-electron chi connectivity index (χ0n) is 13.9. The van der Waals surface area contributed by atoms with Gasteiger partial charge in [-0.05, 0) is 35.4 Å². The van der Waals surface area contributed by atoms with Gasteiger partial charge in [0.05, 0.1) is 0 Å². The van der Waals surface area contributed by atoms with Gasteiger partial charge in [-0.3, -0.25) is 4.79 Å². The van der Waals surface area contributed by atoms with Gasteiger partial charge in [-0.15, -0.1) is 0 Å². The van der Waals surface area contributed by atoms with Crippen molar-refractivity contribution in [3.8, 4) is 0 Å². The van der Waals surface area contributed by atoms with Crippen LogP contribution in [0.2, 0.25) is 0 Å². The van der Waals surface area contributed by atoms with Gasteiger partial charge >= 0.3 is 0 Å². The number of fused-ring (bicyclic) bond motifs is 1. The molecule has 0 aliphatic rings. The van der Waals surface area contributed by atoms with Crippen molar-refractivity contribution < 1.29 is 13.2 Å². The molecule has 7 heteroatoms. The predicted molar refractivity (Wildman–Crippen MR) is 96.6 cm³/mol. The molecule has 130 valence electrons. The summed E-state index contributed by atoms with van der Waals surface area (Å²) in [5.74, 6) is -0.675. The van der Waals surface area contributed by atoms with Crippen LogP contribution in [0, 0.1) is 0 Å². The summed E-state index contributed by atoms with van der Waals surface area (Å²) in [7, 11) is -2.20. The maximum atomic E-state index is 12.6. The molecule has 0 bridgehead atoms. The van der Waals surface area contributed by atoms with E-state index in [0.717, 1.165) is 16.3 Å². The van der Waals surface area contributed by atoms with Crippen molar-refractivity contribution in [3.63, 3.8) is 0 Å². The maximum absolute atomic E-state index is 12.6. The molecule has 0 radical (unpaired) electrons. The molecule has 3 N–H and O–H groups in total. The van der Waals surface area contributed by atoms with Crippen molar-refractivity contribution in [3.05, 3.63) is 66.0 Å². The highest BCUT2D eigenvalue weighted by Gasteiger charge is 2.22. The molecular formula is C18H19N3O3S. The molecule has 1 aromatic heterocycles. The highest BCUT2D eigenvalue weighted by atomic mass is 32.2. The van der Waals surface area contributed by atoms with E-state index >= 15 is 0 Å². The lowest BCUT2D eigenvalue weighted by Crippen LogP contribution is -2.26. The Morgan fingerprint density at radius 2 is 1.80 bits per heavy atom. The van der Waals surface area contributed by atoms with Gasteiger partial charge in [0, 0.05) is 19.3 Å². The molecule has 0 aliphatic carbocycles. The van der Waals surface area contributed by atoms with Crippen LogP contribution in [0.25, 0.3) is 10.8 Å². The van der Waals surface area contributed by atoms with E-state index in [1.54, 1.807) is 14.0 Å². The molecular weight excluding hydrogens is 338 g/mol. The summed E-state index contributed by atoms with van der Waals surface area (Å²) >= 11 is 0. The number of hydrogen-bond acceptors (Lipinski definition) is 3. The summed E-state index contributed by atoms with van der Waals surface area (Å²) in [6.45, 7) is 1.78. The third-order valence-corrected chi connectivity index (χ3v) is 5.66. The molecule has 1 atom stereocenters. The average Bonchev–Trinajstić information content (AvgIpc) is 2.97. The Hall–Kier alpha value is -2.64. The molecule has 0 fully saturated rings. The second-order valence-electron chi connectivity index (χ2n) is 5.99. The minimum absolute atomic E-state index is 0.0106. The van der Waals surface area contributed by atoms with Gasteiger partial charge in [0.15, 0.2) is 0 Å². The standard InChI is InChI=1S/C18H19N3O3S/c1-12(14-8-7-13-5-3-4-6-15(13)9-14)20-25(23,24)16-10-17(18(19)22)21(2)11-16/h3-12,20H,1-2H3,(H2,19,22). The Balaban J connectivity index is 1.88. The molecule has 1 heterocycles. The van der Waals surface area contributed by atoms with Crippen LogP contribution in [0.5, 0.6) is 0 Å². The van der Waals surface area contributed by atoms with Crippen LogP contribution >= 0.6 is 0 Å². The third kappa shape index (κ3) is 3.42. The summed E-state index contributed by atoms with van der Waals surface area (Å²) < 4.78 is 29.2. The van der Waals surface area contributed by atoms with Gasteiger partial charge in [0.2, 0.25) is 10.0 Å². The average molecular weight is 357 g/mol. The number of rotatable bonds is 5. The van der Waals surface area contributed by atoms with E-state index in [2.05, 4.69) is 4.72 Å². The number of primary amides is 1. The molecule has 3 aromatic rings. The first kappa shape index (κ1) is 17.2. The highest BCUT2D eigenvalue weighted by Crippen LogP contribution is 2.22. The molecule has 0 aliphatic heterocycles. The number of aromatic nitrogens is 1. The van der Waals surface area contributed by atoms with Gasteiger partial charge in [0.25, 0.3) is 5.91 Å². The second kappa shape index (κ2) is 6.34. The zero-order valence-corrected chi connectivity index (χ0v) is 14.7. The predicted octanol–water partition coefficient (Wildman–Crippen LogP) is 2.32. The maximum Gasteiger partial charge on any atom is 0.265 e. The number of nitrogens with zero attached hydrogens (tertiary/aromatic N) is 1. The number of benzene rings is 2. The fraction of sp³-hybridized carbons (Fsp3) is 0.167. The summed E-state index contributed by atoms with van der Waals surface area (Å²) in [6.07, 6.45) is 1.37. The van der Waals surface area contributed by atoms with E-state index in [0.29, 0.717) is 0 Å². The lowest BCUT2D eigenvalue weighted by molar-refractivity contribution is 0.0992. The lowest BCUT2D eigenvalue weighted by Gasteiger charge is -2.14. The quantitative estimate of drug-likeness (QED) is 0.734. The fourth-order valence-corrected chi connectivity index (χ4v) is 4.07. The molecule has 1 amide bonds. The summed E-state index contributed by atoms with van der Waals surface area (Å²) in [5.41, 5.74) is 6.23. The van der Waals surface area contributed by atoms with E-state index in [9.17, 15) is 13.2 Å². The molecule has 1 unspecified atom stereocenters. The number of sulfonamides is 1. The summed E-state index contributed by atoms with van der Waals surface area (Å²) in [4.78, 5) is 11.3. The van der Waals surface area contributed by atoms with E-state index in [4.69, 9.17) is 5.73 Å². The minimum atomic E-state index is -3.77. The lowest BCUT2D eigenvalue weighted by atomic mass is 10.0. The van der Waals surface area contributed by atoms with Crippen LogP contribution in [-0.4, -0.2) is 18.9 Å². The van der Waals surface area contributed by atoms with Gasteiger partial charge in [0.1, 0.15) is 10.6 Å². The molecule has 0 saturated carbocycles. The normalized spacial score (nSPS) is 13.0. The monoisotopic (exact) mass is 357 g/mol. The number of nitrogens with one attached hydrogen (secondary N) is 1. The first-order chi connectivity index (χ1) is 11.8. The fourth-order valence-electron chi connectivity index (χ4n) is 2.77. The largest absolute Gasteiger partial charge is 0.364 e. The van der Waals surface area contributed by atoms with Crippen molar-refractivity contribution in [2.75, 3.05) is 0 Å². The van der Waals surface area contributed by atoms with Gasteiger partial charge in [-0.2, -0.15) is 0 Å². The first-order valence-corrected chi connectivity index (χ1v) is 9.23. The second-order valence-corrected chi connectivity index (χ2v) is 7.70. The smallest absolute Gasteiger partial charge is 0.265 e. The van der Waals surface area contributed by atoms with Gasteiger partial charge in [-0.25, -0.2) is 13.1 Å². The highest BCUT2D eigenvalue weighted by molar-refractivity contribution is 7.89. The van der Waals surface area contributed by atoms with E-state index in [1.165, 1.54) is 16.8 Å². The summed E-state index contributed by atoms with van der Waals surface area (Å²) in [5, 5.41) is 2.14. The van der Waals surface area contributed by atoms with Crippen LogP contribution in [-0.2, 0) is 17.1 Å². The van der Waals surface area contributed by atoms with Crippen molar-refractivity contribution in [1.82, 2.24) is 9.29 Å². The van der Waals surface area contributed by atoms with E-state index in [1.807, 2.05) is 42.5 Å². The number of hydrogen-bond donors (Lipinski definition) is 2. The van der Waals surface area contributed by atoms with E-state index in [-0.39, 0.29) is 10.6 Å². The van der Waals surface area contributed by atoms with Crippen LogP contribution in [0.4, 0.5) is 0 Å². The van der Waals surface area contributed by atoms with Crippen LogP contribution in [0.3, 0.4) is 0 Å². The SMILES string of the molecule is CC(NS(=O)(=O)c1cc(C(N)=O)n(C)c1)c1ccc2ccccc2c1. The molecule has 0 spiro atoms. The number of amides is 1. The summed E-state index contributed by atoms with van der Waals surface area (Å²) in [6, 6.07) is 14.6. The molecule has 3 rings (SSSR count). The molecule has 2 aromatic carbocycles. The minimum Gasteiger partial charge on any atom is -0.364 e. The van der Waals surface area contributed by atoms with Crippen molar-refractivity contribution in [2.45, 2.75) is 17.9 Å². The molecule has 0 saturated heterocycles. The number of carbonyl (C=O) groups excluding carboxylic acids is 1. The number of carbonyl (C=O) groups is 1. The number of aryl methyl sites for hydroxylation is 1. The Labute approximate surface area is 146 Å². The Morgan fingerprint density at radius 1 is 1.12 bits per heavy atom. The Bertz CT molecular complexity index is 1050. The van der Waals surface area contributed by atoms with E-state index < -0.39 is 22.0 Å². The van der Waals surface area contributed by atoms with Crippen LogP contribution in [0.1, 0.15) is 29.0 Å². The topological polar surface area (TPSA) is 94.2 Å².